The van der Waals surface area contributed by atoms with E-state index in [1.54, 1.807) is 4.90 Å². The minimum atomic E-state index is 0.307. The number of hydrogen-bond donors (Lipinski definition) is 2. The molecule has 2 aromatic rings. The van der Waals surface area contributed by atoms with E-state index in [4.69, 9.17) is 10.8 Å². The number of amidine groups is 2. The van der Waals surface area contributed by atoms with Gasteiger partial charge in [0.1, 0.15) is 11.7 Å². The molecule has 25 heavy (non-hydrogen) atoms. The summed E-state index contributed by atoms with van der Waals surface area (Å²) in [5.41, 5.74) is 3.65. The molecule has 1 aliphatic carbocycles. The maximum atomic E-state index is 8.74. The molecule has 0 amide bonds. The lowest BCUT2D eigenvalue weighted by atomic mass is 10.1. The molecule has 124 valence electrons. The molecule has 0 fully saturated rings. The summed E-state index contributed by atoms with van der Waals surface area (Å²) >= 11 is 0. The van der Waals surface area contributed by atoms with Crippen LogP contribution in [0.5, 0.6) is 0 Å². The van der Waals surface area contributed by atoms with Gasteiger partial charge < -0.3 is 0 Å². The number of rotatable bonds is 3. The van der Waals surface area contributed by atoms with E-state index in [2.05, 4.69) is 0 Å². The smallest absolute Gasteiger partial charge is 0.138 e. The van der Waals surface area contributed by atoms with Crippen molar-refractivity contribution < 1.29 is 0 Å². The van der Waals surface area contributed by atoms with Crippen molar-refractivity contribution in [3.8, 4) is 0 Å². The van der Waals surface area contributed by atoms with Crippen molar-refractivity contribution in [2.45, 2.75) is 13.3 Å². The molecule has 0 saturated carbocycles. The van der Waals surface area contributed by atoms with Gasteiger partial charge in [-0.25, -0.2) is 0 Å². The van der Waals surface area contributed by atoms with Gasteiger partial charge in [0.15, 0.2) is 0 Å². The van der Waals surface area contributed by atoms with Gasteiger partial charge in [-0.3, -0.25) is 15.7 Å². The van der Waals surface area contributed by atoms with E-state index < -0.39 is 0 Å². The summed E-state index contributed by atoms with van der Waals surface area (Å²) in [6.45, 7) is 2.03. The summed E-state index contributed by atoms with van der Waals surface area (Å²) in [6.07, 6.45) is 10.6. The highest BCUT2D eigenvalue weighted by molar-refractivity contribution is 6.13. The first-order valence-corrected chi connectivity index (χ1v) is 8.29. The maximum Gasteiger partial charge on any atom is 0.138 e. The second-order valence-corrected chi connectivity index (χ2v) is 5.94. The molecule has 3 nitrogen and oxygen atoms in total. The molecule has 2 aromatic carbocycles. The number of hydrogen-bond acceptors (Lipinski definition) is 2. The molecule has 1 aliphatic rings. The van der Waals surface area contributed by atoms with Crippen LogP contribution in [-0.4, -0.2) is 16.6 Å². The standard InChI is InChI=1S/C22H21N3/c1-17-13-15-19(16-14-17)22(24)25(20-11-7-2-3-8-12-20)21(23)18-9-5-4-6-10-18/h2-11,13-16,23-24H,12H2,1H3. The Hall–Kier alpha value is -3.20. The van der Waals surface area contributed by atoms with Crippen LogP contribution in [0.15, 0.2) is 90.7 Å². The Morgan fingerprint density at radius 3 is 2.12 bits per heavy atom. The van der Waals surface area contributed by atoms with E-state index in [9.17, 15) is 0 Å². The van der Waals surface area contributed by atoms with Crippen LogP contribution in [0.25, 0.3) is 0 Å². The third-order valence-electron chi connectivity index (χ3n) is 4.08. The first-order chi connectivity index (χ1) is 12.2. The molecule has 0 heterocycles. The third-order valence-corrected chi connectivity index (χ3v) is 4.08. The van der Waals surface area contributed by atoms with Crippen LogP contribution in [0.3, 0.4) is 0 Å². The molecule has 0 saturated heterocycles. The Morgan fingerprint density at radius 2 is 1.44 bits per heavy atom. The molecule has 0 unspecified atom stereocenters. The highest BCUT2D eigenvalue weighted by Crippen LogP contribution is 2.20. The lowest BCUT2D eigenvalue weighted by molar-refractivity contribution is 0.715. The van der Waals surface area contributed by atoms with Crippen molar-refractivity contribution in [1.29, 1.82) is 10.8 Å². The first-order valence-electron chi connectivity index (χ1n) is 8.29. The Balaban J connectivity index is 2.02. The molecule has 0 aromatic heterocycles. The molecule has 2 N–H and O–H groups in total. The van der Waals surface area contributed by atoms with Gasteiger partial charge in [-0.1, -0.05) is 84.5 Å². The third kappa shape index (κ3) is 3.83. The lowest BCUT2D eigenvalue weighted by Gasteiger charge is -2.28. The van der Waals surface area contributed by atoms with Gasteiger partial charge in [-0.2, -0.15) is 0 Å². The van der Waals surface area contributed by atoms with E-state index in [1.165, 1.54) is 0 Å². The normalized spacial score (nSPS) is 13.1. The van der Waals surface area contributed by atoms with Crippen LogP contribution in [0, 0.1) is 17.7 Å². The monoisotopic (exact) mass is 327 g/mol. The van der Waals surface area contributed by atoms with Crippen molar-refractivity contribution in [3.63, 3.8) is 0 Å². The van der Waals surface area contributed by atoms with Gasteiger partial charge in [0.05, 0.1) is 0 Å². The van der Waals surface area contributed by atoms with Gasteiger partial charge in [0, 0.05) is 23.2 Å². The Kier molecular flexibility index (Phi) is 5.05. The fourth-order valence-electron chi connectivity index (χ4n) is 2.70. The van der Waals surface area contributed by atoms with Gasteiger partial charge in [-0.15, -0.1) is 0 Å². The summed E-state index contributed by atoms with van der Waals surface area (Å²) in [5, 5.41) is 17.5. The van der Waals surface area contributed by atoms with Gasteiger partial charge in [0.2, 0.25) is 0 Å². The molecule has 0 bridgehead atoms. The van der Waals surface area contributed by atoms with Crippen molar-refractivity contribution in [3.05, 3.63) is 107 Å². The highest BCUT2D eigenvalue weighted by Gasteiger charge is 2.21. The van der Waals surface area contributed by atoms with Crippen molar-refractivity contribution in [2.24, 2.45) is 0 Å². The number of aryl methyl sites for hydroxylation is 1. The van der Waals surface area contributed by atoms with Crippen LogP contribution in [-0.2, 0) is 0 Å². The second-order valence-electron chi connectivity index (χ2n) is 5.94. The van der Waals surface area contributed by atoms with Gasteiger partial charge >= 0.3 is 0 Å². The average molecular weight is 327 g/mol. The largest absolute Gasteiger partial charge is 0.284 e. The molecule has 3 rings (SSSR count). The molecule has 0 aliphatic heterocycles. The minimum Gasteiger partial charge on any atom is -0.284 e. The van der Waals surface area contributed by atoms with E-state index >= 15 is 0 Å². The number of allylic oxidation sites excluding steroid dienone is 5. The lowest BCUT2D eigenvalue weighted by Crippen LogP contribution is -2.36. The Labute approximate surface area is 148 Å². The predicted octanol–water partition coefficient (Wildman–Crippen LogP) is 5.05. The van der Waals surface area contributed by atoms with Crippen molar-refractivity contribution in [1.82, 2.24) is 4.90 Å². The van der Waals surface area contributed by atoms with E-state index in [-0.39, 0.29) is 0 Å². The summed E-state index contributed by atoms with van der Waals surface area (Å²) in [6, 6.07) is 17.4. The van der Waals surface area contributed by atoms with E-state index in [0.717, 1.165) is 22.4 Å². The number of nitrogens with one attached hydrogen (secondary N) is 2. The Morgan fingerprint density at radius 1 is 0.800 bits per heavy atom. The van der Waals surface area contributed by atoms with Crippen LogP contribution in [0.1, 0.15) is 23.1 Å². The fraction of sp³-hybridized carbons (Fsp3) is 0.0909. The molecular formula is C22H21N3. The van der Waals surface area contributed by atoms with Crippen LogP contribution in [0.2, 0.25) is 0 Å². The summed E-state index contributed by atoms with van der Waals surface area (Å²) in [7, 11) is 0. The second kappa shape index (κ2) is 7.58. The van der Waals surface area contributed by atoms with Crippen LogP contribution >= 0.6 is 0 Å². The minimum absolute atomic E-state index is 0.307. The molecule has 0 spiro atoms. The maximum absolute atomic E-state index is 8.74. The summed E-state index contributed by atoms with van der Waals surface area (Å²) in [4.78, 5) is 1.72. The van der Waals surface area contributed by atoms with Crippen LogP contribution < -0.4 is 0 Å². The average Bonchev–Trinajstić information content (AvgIpc) is 2.92. The molecular weight excluding hydrogens is 306 g/mol. The van der Waals surface area contributed by atoms with E-state index in [0.29, 0.717) is 18.1 Å². The number of nitrogens with zero attached hydrogens (tertiary/aromatic N) is 1. The first kappa shape index (κ1) is 16.7. The topological polar surface area (TPSA) is 50.9 Å². The fourth-order valence-corrected chi connectivity index (χ4v) is 2.70. The quantitative estimate of drug-likeness (QED) is 0.601. The van der Waals surface area contributed by atoms with Crippen LogP contribution in [0.4, 0.5) is 0 Å². The zero-order valence-electron chi connectivity index (χ0n) is 14.2. The molecule has 3 heteroatoms. The van der Waals surface area contributed by atoms with E-state index in [1.807, 2.05) is 91.9 Å². The van der Waals surface area contributed by atoms with Gasteiger partial charge in [-0.05, 0) is 13.0 Å². The number of benzene rings is 2. The Bertz CT molecular complexity index is 856. The van der Waals surface area contributed by atoms with Crippen molar-refractivity contribution >= 4 is 11.7 Å². The predicted molar refractivity (Wildman–Crippen MR) is 104 cm³/mol. The molecule has 0 atom stereocenters. The summed E-state index contributed by atoms with van der Waals surface area (Å²) in [5.74, 6) is 0.616. The SMILES string of the molecule is Cc1ccc(C(=N)N(C(=N)c2ccccc2)C2=CC=CC=CC2)cc1. The zero-order valence-corrected chi connectivity index (χ0v) is 14.2. The molecule has 0 radical (unpaired) electrons. The highest BCUT2D eigenvalue weighted by atomic mass is 15.2. The van der Waals surface area contributed by atoms with Gasteiger partial charge in [0.25, 0.3) is 0 Å². The van der Waals surface area contributed by atoms with Crippen molar-refractivity contribution in [2.75, 3.05) is 0 Å². The zero-order chi connectivity index (χ0) is 17.6. The summed E-state index contributed by atoms with van der Waals surface area (Å²) < 4.78 is 0.